The third-order valence-electron chi connectivity index (χ3n) is 4.08. The molecule has 4 nitrogen and oxygen atoms in total. The van der Waals surface area contributed by atoms with Gasteiger partial charge in [0.05, 0.1) is 27.8 Å². The van der Waals surface area contributed by atoms with E-state index in [9.17, 15) is 21.6 Å². The third-order valence-corrected chi connectivity index (χ3v) is 6.59. The van der Waals surface area contributed by atoms with Gasteiger partial charge in [-0.15, -0.1) is 11.8 Å². The molecule has 0 heterocycles. The molecule has 3 rings (SSSR count). The lowest BCUT2D eigenvalue weighted by Gasteiger charge is -2.14. The molecule has 9 heteroatoms. The average molecular weight is 448 g/mol. The van der Waals surface area contributed by atoms with Crippen LogP contribution in [0.3, 0.4) is 0 Å². The number of anilines is 1. The molecule has 0 radical (unpaired) electrons. The Morgan fingerprint density at radius 2 is 1.67 bits per heavy atom. The van der Waals surface area contributed by atoms with Crippen LogP contribution < -0.4 is 4.72 Å². The van der Waals surface area contributed by atoms with Crippen LogP contribution >= 0.6 is 11.8 Å². The molecule has 3 aromatic rings. The van der Waals surface area contributed by atoms with Gasteiger partial charge < -0.3 is 0 Å². The minimum absolute atomic E-state index is 0.272. The Labute approximate surface area is 176 Å². The van der Waals surface area contributed by atoms with Crippen LogP contribution in [0, 0.1) is 11.3 Å². The van der Waals surface area contributed by atoms with Crippen molar-refractivity contribution < 1.29 is 21.6 Å². The zero-order valence-electron chi connectivity index (χ0n) is 15.3. The number of sulfonamides is 1. The molecule has 0 unspecified atom stereocenters. The van der Waals surface area contributed by atoms with Crippen molar-refractivity contribution in [3.63, 3.8) is 0 Å². The molecule has 30 heavy (non-hydrogen) atoms. The lowest BCUT2D eigenvalue weighted by molar-refractivity contribution is -0.137. The Morgan fingerprint density at radius 3 is 2.33 bits per heavy atom. The maximum Gasteiger partial charge on any atom is 0.416 e. The number of nitrogens with zero attached hydrogens (tertiary/aromatic N) is 1. The molecule has 0 aliphatic heterocycles. The zero-order chi connectivity index (χ0) is 21.8. The van der Waals surface area contributed by atoms with E-state index in [-0.39, 0.29) is 5.69 Å². The van der Waals surface area contributed by atoms with Gasteiger partial charge in [0.1, 0.15) is 0 Å². The van der Waals surface area contributed by atoms with Gasteiger partial charge in [0.2, 0.25) is 0 Å². The van der Waals surface area contributed by atoms with Crippen LogP contribution in [-0.4, -0.2) is 8.42 Å². The fourth-order valence-corrected chi connectivity index (χ4v) is 4.71. The number of halogens is 3. The van der Waals surface area contributed by atoms with Gasteiger partial charge in [-0.1, -0.05) is 30.3 Å². The van der Waals surface area contributed by atoms with Crippen molar-refractivity contribution in [2.24, 2.45) is 0 Å². The van der Waals surface area contributed by atoms with Gasteiger partial charge in [-0.3, -0.25) is 4.72 Å². The second kappa shape index (κ2) is 8.81. The number of benzene rings is 3. The van der Waals surface area contributed by atoms with E-state index in [2.05, 4.69) is 4.72 Å². The molecule has 0 aromatic heterocycles. The molecule has 0 aliphatic carbocycles. The number of thioether (sulfide) groups is 1. The van der Waals surface area contributed by atoms with E-state index in [1.807, 2.05) is 6.07 Å². The third kappa shape index (κ3) is 5.34. The van der Waals surface area contributed by atoms with Gasteiger partial charge in [-0.2, -0.15) is 18.4 Å². The van der Waals surface area contributed by atoms with Gasteiger partial charge in [-0.05, 0) is 48.0 Å². The lowest BCUT2D eigenvalue weighted by Crippen LogP contribution is -2.15. The molecule has 0 spiro atoms. The molecule has 0 amide bonds. The maximum absolute atomic E-state index is 12.9. The summed E-state index contributed by atoms with van der Waals surface area (Å²) < 4.78 is 66.5. The van der Waals surface area contributed by atoms with Crippen molar-refractivity contribution >= 4 is 27.5 Å². The molecule has 0 saturated heterocycles. The van der Waals surface area contributed by atoms with Crippen LogP contribution in [-0.2, 0) is 22.0 Å². The number of alkyl halides is 3. The van der Waals surface area contributed by atoms with Crippen LogP contribution in [0.25, 0.3) is 0 Å². The molecule has 0 saturated carbocycles. The van der Waals surface area contributed by atoms with E-state index in [1.165, 1.54) is 11.8 Å². The maximum atomic E-state index is 12.9. The van der Waals surface area contributed by atoms with Crippen molar-refractivity contribution in [3.05, 3.63) is 89.5 Å². The monoisotopic (exact) mass is 448 g/mol. The Kier molecular flexibility index (Phi) is 6.39. The molecule has 154 valence electrons. The molecule has 1 N–H and O–H groups in total. The van der Waals surface area contributed by atoms with E-state index >= 15 is 0 Å². The van der Waals surface area contributed by atoms with E-state index < -0.39 is 26.7 Å². The first-order valence-electron chi connectivity index (χ1n) is 8.60. The summed E-state index contributed by atoms with van der Waals surface area (Å²) in [5.41, 5.74) is 0.718. The van der Waals surface area contributed by atoms with Crippen molar-refractivity contribution in [1.29, 1.82) is 5.26 Å². The molecular weight excluding hydrogens is 433 g/mol. The smallest absolute Gasteiger partial charge is 0.278 e. The number of hydrogen-bond acceptors (Lipinski definition) is 4. The minimum atomic E-state index is -4.64. The van der Waals surface area contributed by atoms with E-state index in [1.54, 1.807) is 48.5 Å². The highest BCUT2D eigenvalue weighted by Gasteiger charge is 2.31. The predicted molar refractivity (Wildman–Crippen MR) is 109 cm³/mol. The highest BCUT2D eigenvalue weighted by atomic mass is 32.2. The Balaban J connectivity index is 1.81. The average Bonchev–Trinajstić information content (AvgIpc) is 2.73. The van der Waals surface area contributed by atoms with Gasteiger partial charge in [-0.25, -0.2) is 8.42 Å². The molecule has 3 aromatic carbocycles. The Hall–Kier alpha value is -2.96. The highest BCUT2D eigenvalue weighted by Crippen LogP contribution is 2.33. The summed E-state index contributed by atoms with van der Waals surface area (Å²) >= 11 is 1.37. The van der Waals surface area contributed by atoms with Crippen LogP contribution in [0.5, 0.6) is 0 Å². The topological polar surface area (TPSA) is 70.0 Å². The molecular formula is C21H15F3N2O2S2. The summed E-state index contributed by atoms with van der Waals surface area (Å²) in [6.45, 7) is 0. The van der Waals surface area contributed by atoms with Gasteiger partial charge >= 0.3 is 6.18 Å². The van der Waals surface area contributed by atoms with Crippen molar-refractivity contribution in [2.75, 3.05) is 4.72 Å². The highest BCUT2D eigenvalue weighted by molar-refractivity contribution is 7.98. The number of hydrogen-bond donors (Lipinski definition) is 1. The van der Waals surface area contributed by atoms with Gasteiger partial charge in [0.15, 0.2) is 0 Å². The zero-order valence-corrected chi connectivity index (χ0v) is 17.0. The predicted octanol–water partition coefficient (Wildman–Crippen LogP) is 5.67. The van der Waals surface area contributed by atoms with Crippen molar-refractivity contribution in [3.8, 4) is 6.07 Å². The fourth-order valence-electron chi connectivity index (χ4n) is 2.56. The SMILES string of the molecule is N#Cc1ccc(CSc2ccccc2NS(=O)(=O)c2cccc(C(F)(F)F)c2)cc1. The molecule has 0 atom stereocenters. The van der Waals surface area contributed by atoms with Crippen LogP contribution in [0.4, 0.5) is 18.9 Å². The summed E-state index contributed by atoms with van der Waals surface area (Å²) in [6, 6.07) is 19.3. The summed E-state index contributed by atoms with van der Waals surface area (Å²) in [4.78, 5) is 0.154. The number of nitriles is 1. The van der Waals surface area contributed by atoms with Crippen molar-refractivity contribution in [1.82, 2.24) is 0 Å². The Bertz CT molecular complexity index is 1190. The summed E-state index contributed by atoms with van der Waals surface area (Å²) in [5, 5.41) is 8.85. The normalized spacial score (nSPS) is 11.7. The minimum Gasteiger partial charge on any atom is -0.278 e. The molecule has 0 aliphatic rings. The van der Waals surface area contributed by atoms with Crippen LogP contribution in [0.15, 0.2) is 82.6 Å². The lowest BCUT2D eigenvalue weighted by atomic mass is 10.2. The molecule has 0 fully saturated rings. The quantitative estimate of drug-likeness (QED) is 0.493. The van der Waals surface area contributed by atoms with Crippen LogP contribution in [0.1, 0.15) is 16.7 Å². The summed E-state index contributed by atoms with van der Waals surface area (Å²) in [5.74, 6) is 0.522. The fraction of sp³-hybridized carbons (Fsp3) is 0.0952. The largest absolute Gasteiger partial charge is 0.416 e. The number of rotatable bonds is 6. The van der Waals surface area contributed by atoms with Crippen LogP contribution in [0.2, 0.25) is 0 Å². The number of nitrogens with one attached hydrogen (secondary N) is 1. The van der Waals surface area contributed by atoms with Gasteiger partial charge in [0, 0.05) is 10.6 Å². The first-order valence-corrected chi connectivity index (χ1v) is 11.1. The number of para-hydroxylation sites is 1. The molecule has 0 bridgehead atoms. The standard InChI is InChI=1S/C21H15F3N2O2S2/c22-21(23,24)17-4-3-5-18(12-17)30(27,28)26-19-6-1-2-7-20(19)29-14-16-10-8-15(13-25)9-11-16/h1-12,26H,14H2. The van der Waals surface area contributed by atoms with Gasteiger partial charge in [0.25, 0.3) is 10.0 Å². The first-order chi connectivity index (χ1) is 14.2. The summed E-state index contributed by atoms with van der Waals surface area (Å²) in [7, 11) is -4.21. The second-order valence-corrected chi connectivity index (χ2v) is 8.92. The van der Waals surface area contributed by atoms with E-state index in [0.717, 1.165) is 23.8 Å². The van der Waals surface area contributed by atoms with E-state index in [4.69, 9.17) is 5.26 Å². The van der Waals surface area contributed by atoms with E-state index in [0.29, 0.717) is 22.3 Å². The second-order valence-electron chi connectivity index (χ2n) is 6.22. The van der Waals surface area contributed by atoms with Crippen molar-refractivity contribution in [2.45, 2.75) is 21.7 Å². The first kappa shape index (κ1) is 21.7. The Morgan fingerprint density at radius 1 is 0.967 bits per heavy atom. The summed E-state index contributed by atoms with van der Waals surface area (Å²) in [6.07, 6.45) is -4.64.